The lowest BCUT2D eigenvalue weighted by Crippen LogP contribution is -2.48. The van der Waals surface area contributed by atoms with Gasteiger partial charge in [-0.25, -0.2) is 0 Å². The third kappa shape index (κ3) is 6.51. The zero-order valence-corrected chi connectivity index (χ0v) is 25.6. The van der Waals surface area contributed by atoms with Gasteiger partial charge in [0.1, 0.15) is 21.8 Å². The number of hydrogen-bond acceptors (Lipinski definition) is 7. The van der Waals surface area contributed by atoms with Crippen molar-refractivity contribution in [1.29, 1.82) is 5.26 Å². The molecule has 7 nitrogen and oxygen atoms in total. The fourth-order valence-corrected chi connectivity index (χ4v) is 6.77. The molecule has 0 saturated carbocycles. The van der Waals surface area contributed by atoms with Crippen LogP contribution in [0, 0.1) is 24.2 Å². The van der Waals surface area contributed by atoms with Crippen LogP contribution in [0.25, 0.3) is 6.08 Å². The number of pyridine rings is 1. The van der Waals surface area contributed by atoms with Crippen molar-refractivity contribution >= 4 is 46.1 Å². The fourth-order valence-electron chi connectivity index (χ4n) is 5.52. The summed E-state index contributed by atoms with van der Waals surface area (Å²) in [4.78, 5) is 33.6. The number of carbonyl (C=O) groups excluding carboxylic acids is 1. The number of hydrogen-bond donors (Lipinski definition) is 0. The summed E-state index contributed by atoms with van der Waals surface area (Å²) in [5.41, 5.74) is 2.43. The fraction of sp³-hybridized carbons (Fsp3) is 0.484. The molecule has 1 unspecified atom stereocenters. The predicted molar refractivity (Wildman–Crippen MR) is 168 cm³/mol. The number of thioether (sulfide) groups is 1. The maximum atomic E-state index is 13.6. The van der Waals surface area contributed by atoms with Gasteiger partial charge in [0, 0.05) is 51.9 Å². The SMILES string of the molecule is CCCCC(CC)CN1C(=O)C(=Cc2c(C)c(C#N)c(=O)n(C)c2N2CCN(Cc3ccccc3)CC2)SC1=S. The number of nitriles is 1. The van der Waals surface area contributed by atoms with Gasteiger partial charge in [0.05, 0.1) is 4.91 Å². The molecule has 2 fully saturated rings. The van der Waals surface area contributed by atoms with E-state index in [4.69, 9.17) is 12.2 Å². The van der Waals surface area contributed by atoms with E-state index in [9.17, 15) is 14.9 Å². The highest BCUT2D eigenvalue weighted by molar-refractivity contribution is 8.26. The first-order chi connectivity index (χ1) is 19.3. The molecule has 0 N–H and O–H groups in total. The van der Waals surface area contributed by atoms with Gasteiger partial charge in [0.25, 0.3) is 11.5 Å². The first kappa shape index (κ1) is 30.0. The van der Waals surface area contributed by atoms with Crippen molar-refractivity contribution in [1.82, 2.24) is 14.4 Å². The van der Waals surface area contributed by atoms with E-state index in [2.05, 4.69) is 54.0 Å². The van der Waals surface area contributed by atoms with Crippen molar-refractivity contribution in [3.8, 4) is 6.07 Å². The Labute approximate surface area is 247 Å². The standard InChI is InChI=1S/C31H39N5O2S2/c1-5-7-11-23(6-2)21-36-30(38)27(40-31(36)39)18-25-22(3)26(19-32)29(37)33(4)28(25)35-16-14-34(15-17-35)20-24-12-9-8-10-13-24/h8-10,12-13,18,23H,5-7,11,14-17,20-21H2,1-4H3. The minimum atomic E-state index is -0.312. The molecule has 0 bridgehead atoms. The molecule has 9 heteroatoms. The van der Waals surface area contributed by atoms with E-state index < -0.39 is 0 Å². The third-order valence-corrected chi connectivity index (χ3v) is 9.40. The molecule has 2 aromatic rings. The molecule has 0 aliphatic carbocycles. The van der Waals surface area contributed by atoms with E-state index >= 15 is 0 Å². The molecule has 1 atom stereocenters. The number of piperazine rings is 1. The van der Waals surface area contributed by atoms with Crippen molar-refractivity contribution in [2.24, 2.45) is 13.0 Å². The van der Waals surface area contributed by atoms with Gasteiger partial charge in [-0.2, -0.15) is 5.26 Å². The number of rotatable bonds is 10. The summed E-state index contributed by atoms with van der Waals surface area (Å²) in [5.74, 6) is 1.07. The molecular weight excluding hydrogens is 539 g/mol. The Morgan fingerprint density at radius 2 is 1.82 bits per heavy atom. The van der Waals surface area contributed by atoms with Crippen LogP contribution in [0.5, 0.6) is 0 Å². The Hall–Kier alpha value is -2.93. The van der Waals surface area contributed by atoms with Crippen molar-refractivity contribution in [3.63, 3.8) is 0 Å². The molecule has 212 valence electrons. The summed E-state index contributed by atoms with van der Waals surface area (Å²) in [7, 11) is 1.72. The van der Waals surface area contributed by atoms with Crippen LogP contribution in [0.3, 0.4) is 0 Å². The molecule has 1 aromatic heterocycles. The predicted octanol–water partition coefficient (Wildman–Crippen LogP) is 5.31. The molecule has 2 aliphatic heterocycles. The quantitative estimate of drug-likeness (QED) is 0.280. The molecule has 2 aliphatic rings. The monoisotopic (exact) mass is 577 g/mol. The van der Waals surface area contributed by atoms with Crippen LogP contribution in [-0.4, -0.2) is 57.3 Å². The first-order valence-electron chi connectivity index (χ1n) is 14.2. The highest BCUT2D eigenvalue weighted by Crippen LogP contribution is 2.36. The second kappa shape index (κ2) is 13.6. The summed E-state index contributed by atoms with van der Waals surface area (Å²) in [6.07, 6.45) is 6.20. The first-order valence-corrected chi connectivity index (χ1v) is 15.4. The van der Waals surface area contributed by atoms with Crippen molar-refractivity contribution in [2.75, 3.05) is 37.6 Å². The summed E-state index contributed by atoms with van der Waals surface area (Å²) >= 11 is 6.96. The van der Waals surface area contributed by atoms with Crippen LogP contribution in [0.4, 0.5) is 5.82 Å². The number of unbranched alkanes of at least 4 members (excludes halogenated alkanes) is 1. The zero-order valence-electron chi connectivity index (χ0n) is 24.0. The van der Waals surface area contributed by atoms with Crippen molar-refractivity contribution in [3.05, 3.63) is 67.8 Å². The van der Waals surface area contributed by atoms with Crippen LogP contribution >= 0.6 is 24.0 Å². The van der Waals surface area contributed by atoms with Gasteiger partial charge in [0.2, 0.25) is 0 Å². The van der Waals surface area contributed by atoms with Crippen LogP contribution < -0.4 is 10.5 Å². The number of carbonyl (C=O) groups is 1. The lowest BCUT2D eigenvalue weighted by Gasteiger charge is -2.37. The topological polar surface area (TPSA) is 72.6 Å². The Balaban J connectivity index is 1.63. The Kier molecular flexibility index (Phi) is 10.2. The number of thiocarbonyl (C=S) groups is 1. The molecule has 2 saturated heterocycles. The highest BCUT2D eigenvalue weighted by Gasteiger charge is 2.34. The summed E-state index contributed by atoms with van der Waals surface area (Å²) in [6.45, 7) is 10.8. The van der Waals surface area contributed by atoms with Crippen LogP contribution in [0.2, 0.25) is 0 Å². The van der Waals surface area contributed by atoms with Crippen LogP contribution in [-0.2, 0) is 18.4 Å². The summed E-state index contributed by atoms with van der Waals surface area (Å²) in [5, 5.41) is 9.81. The van der Waals surface area contributed by atoms with E-state index in [1.807, 2.05) is 12.1 Å². The van der Waals surface area contributed by atoms with E-state index in [1.54, 1.807) is 23.4 Å². The maximum Gasteiger partial charge on any atom is 0.270 e. The molecule has 0 spiro atoms. The minimum absolute atomic E-state index is 0.0876. The molecular formula is C31H39N5O2S2. The molecule has 1 amide bonds. The lowest BCUT2D eigenvalue weighted by atomic mass is 9.99. The average molecular weight is 578 g/mol. The summed E-state index contributed by atoms with van der Waals surface area (Å²) < 4.78 is 2.15. The van der Waals surface area contributed by atoms with Gasteiger partial charge in [-0.05, 0) is 36.5 Å². The number of amides is 1. The van der Waals surface area contributed by atoms with Gasteiger partial charge in [-0.1, -0.05) is 87.4 Å². The van der Waals surface area contributed by atoms with Gasteiger partial charge in [-0.15, -0.1) is 0 Å². The van der Waals surface area contributed by atoms with Crippen molar-refractivity contribution < 1.29 is 4.79 Å². The smallest absolute Gasteiger partial charge is 0.270 e. The van der Waals surface area contributed by atoms with Crippen LogP contribution in [0.1, 0.15) is 61.8 Å². The highest BCUT2D eigenvalue weighted by atomic mass is 32.2. The Bertz CT molecular complexity index is 1370. The number of anilines is 1. The Morgan fingerprint density at radius 1 is 1.12 bits per heavy atom. The minimum Gasteiger partial charge on any atom is -0.355 e. The largest absolute Gasteiger partial charge is 0.355 e. The van der Waals surface area contributed by atoms with Gasteiger partial charge in [0.15, 0.2) is 0 Å². The van der Waals surface area contributed by atoms with Crippen LogP contribution in [0.15, 0.2) is 40.0 Å². The second-order valence-electron chi connectivity index (χ2n) is 10.7. The zero-order chi connectivity index (χ0) is 28.8. The van der Waals surface area contributed by atoms with Gasteiger partial charge < -0.3 is 4.90 Å². The summed E-state index contributed by atoms with van der Waals surface area (Å²) in [6, 6.07) is 12.5. The molecule has 3 heterocycles. The molecule has 4 rings (SSSR count). The molecule has 40 heavy (non-hydrogen) atoms. The molecule has 1 aromatic carbocycles. The number of benzene rings is 1. The number of aromatic nitrogens is 1. The average Bonchev–Trinajstić information content (AvgIpc) is 3.22. The number of nitrogens with zero attached hydrogens (tertiary/aromatic N) is 5. The van der Waals surface area contributed by atoms with E-state index in [0.29, 0.717) is 27.3 Å². The molecule has 0 radical (unpaired) electrons. The van der Waals surface area contributed by atoms with E-state index in [1.165, 1.54) is 17.3 Å². The maximum absolute atomic E-state index is 13.6. The van der Waals surface area contributed by atoms with Gasteiger partial charge >= 0.3 is 0 Å². The Morgan fingerprint density at radius 3 is 2.45 bits per heavy atom. The van der Waals surface area contributed by atoms with Crippen molar-refractivity contribution in [2.45, 2.75) is 53.0 Å². The van der Waals surface area contributed by atoms with E-state index in [0.717, 1.165) is 69.8 Å². The lowest BCUT2D eigenvalue weighted by molar-refractivity contribution is -0.122. The second-order valence-corrected chi connectivity index (χ2v) is 12.3. The van der Waals surface area contributed by atoms with Gasteiger partial charge in [-0.3, -0.25) is 24.0 Å². The normalized spacial score (nSPS) is 18.0. The van der Waals surface area contributed by atoms with E-state index in [-0.39, 0.29) is 17.0 Å². The third-order valence-electron chi connectivity index (χ3n) is 8.02.